The van der Waals surface area contributed by atoms with Crippen molar-refractivity contribution in [2.45, 2.75) is 39.7 Å². The zero-order valence-electron chi connectivity index (χ0n) is 17.4. The Morgan fingerprint density at radius 3 is 2.62 bits per heavy atom. The minimum atomic E-state index is -0.343. The van der Waals surface area contributed by atoms with Gasteiger partial charge in [0.1, 0.15) is 0 Å². The summed E-state index contributed by atoms with van der Waals surface area (Å²) in [4.78, 5) is 22.0. The van der Waals surface area contributed by atoms with Crippen molar-refractivity contribution in [1.29, 1.82) is 0 Å². The average molecular weight is 413 g/mol. The molecule has 29 heavy (non-hydrogen) atoms. The average Bonchev–Trinajstić information content (AvgIpc) is 3.46. The van der Waals surface area contributed by atoms with Gasteiger partial charge < -0.3 is 15.4 Å². The molecule has 1 saturated carbocycles. The molecule has 154 valence electrons. The molecule has 0 radical (unpaired) electrons. The highest BCUT2D eigenvalue weighted by molar-refractivity contribution is 8.08. The zero-order valence-corrected chi connectivity index (χ0v) is 18.2. The summed E-state index contributed by atoms with van der Waals surface area (Å²) in [5.74, 6) is 1.20. The number of aromatic nitrogens is 2. The Kier molecular flexibility index (Phi) is 6.79. The summed E-state index contributed by atoms with van der Waals surface area (Å²) in [7, 11) is 1.88. The van der Waals surface area contributed by atoms with E-state index in [9.17, 15) is 4.79 Å². The fourth-order valence-electron chi connectivity index (χ4n) is 2.94. The van der Waals surface area contributed by atoms with Crippen LogP contribution < -0.4 is 10.6 Å². The Bertz CT molecular complexity index is 880. The molecule has 0 unspecified atom stereocenters. The van der Waals surface area contributed by atoms with E-state index in [2.05, 4.69) is 45.7 Å². The van der Waals surface area contributed by atoms with Crippen LogP contribution in [-0.4, -0.2) is 34.8 Å². The third kappa shape index (κ3) is 5.73. The predicted molar refractivity (Wildman–Crippen MR) is 119 cm³/mol. The Balaban J connectivity index is 1.75. The molecule has 2 N–H and O–H groups in total. The van der Waals surface area contributed by atoms with Crippen LogP contribution in [0, 0.1) is 12.3 Å². The highest BCUT2D eigenvalue weighted by atomic mass is 32.2. The summed E-state index contributed by atoms with van der Waals surface area (Å²) in [6, 6.07) is 8.06. The topological polar surface area (TPSA) is 76.1 Å². The maximum atomic E-state index is 12.5. The monoisotopic (exact) mass is 412 g/mol. The third-order valence-corrected chi connectivity index (χ3v) is 5.95. The lowest BCUT2D eigenvalue weighted by atomic mass is 10.1. The molecule has 0 saturated heterocycles. The Hall–Kier alpha value is -2.54. The van der Waals surface area contributed by atoms with Crippen LogP contribution >= 0.6 is 11.8 Å². The number of nitrogens with one attached hydrogen (secondary N) is 2. The van der Waals surface area contributed by atoms with E-state index in [1.54, 1.807) is 30.2 Å². The third-order valence-electron chi connectivity index (χ3n) is 4.59. The minimum Gasteiger partial charge on any atom is -0.463 e. The van der Waals surface area contributed by atoms with E-state index in [-0.39, 0.29) is 17.5 Å². The van der Waals surface area contributed by atoms with Crippen molar-refractivity contribution in [1.82, 2.24) is 15.3 Å². The van der Waals surface area contributed by atoms with Crippen LogP contribution in [0.4, 0.5) is 11.6 Å². The molecule has 1 heterocycles. The fraction of sp³-hybridized carbons (Fsp3) is 0.409. The first kappa shape index (κ1) is 21.2. The smallest absolute Gasteiger partial charge is 0.313 e. The van der Waals surface area contributed by atoms with Gasteiger partial charge in [0.25, 0.3) is 0 Å². The lowest BCUT2D eigenvalue weighted by molar-refractivity contribution is -0.153. The van der Waals surface area contributed by atoms with Crippen LogP contribution in [-0.2, 0) is 9.53 Å². The van der Waals surface area contributed by atoms with E-state index < -0.39 is 0 Å². The van der Waals surface area contributed by atoms with Gasteiger partial charge in [-0.25, -0.2) is 9.97 Å². The first-order valence-electron chi connectivity index (χ1n) is 9.79. The SMILES string of the molecule is CN/C=C(\SCC1(C(=O)OC(C)C)CC1)c1cc(C)cc(Nc2ncccn2)c1. The van der Waals surface area contributed by atoms with Crippen LogP contribution in [0.25, 0.3) is 4.91 Å². The molecule has 7 heteroatoms. The summed E-state index contributed by atoms with van der Waals surface area (Å²) in [6.45, 7) is 5.85. The van der Waals surface area contributed by atoms with Gasteiger partial charge in [0.15, 0.2) is 0 Å². The van der Waals surface area contributed by atoms with Gasteiger partial charge in [-0.2, -0.15) is 0 Å². The van der Waals surface area contributed by atoms with Crippen molar-refractivity contribution in [2.75, 3.05) is 18.1 Å². The number of thioether (sulfide) groups is 1. The Morgan fingerprint density at radius 1 is 1.28 bits per heavy atom. The van der Waals surface area contributed by atoms with Crippen LogP contribution in [0.1, 0.15) is 37.8 Å². The van der Waals surface area contributed by atoms with Gasteiger partial charge in [-0.1, -0.05) is 6.07 Å². The standard InChI is InChI=1S/C22H28N4O2S/c1-15(2)28-20(27)22(6-7-22)14-29-19(13-23-4)17-10-16(3)11-18(12-17)26-21-24-8-5-9-25-21/h5,8-13,15,23H,6-7,14H2,1-4H3,(H,24,25,26)/b19-13-. The van der Waals surface area contributed by atoms with Gasteiger partial charge in [0.05, 0.1) is 11.5 Å². The van der Waals surface area contributed by atoms with Gasteiger partial charge in [-0.05, 0) is 62.9 Å². The molecule has 2 aromatic rings. The molecule has 0 atom stereocenters. The molecule has 0 spiro atoms. The highest BCUT2D eigenvalue weighted by Gasteiger charge is 2.51. The molecule has 1 aromatic carbocycles. The van der Waals surface area contributed by atoms with Crippen molar-refractivity contribution >= 4 is 34.3 Å². The normalized spacial score (nSPS) is 15.1. The van der Waals surface area contributed by atoms with E-state index in [0.29, 0.717) is 11.7 Å². The lowest BCUT2D eigenvalue weighted by Gasteiger charge is -2.18. The molecule has 1 aliphatic carbocycles. The number of carbonyl (C=O) groups is 1. The van der Waals surface area contributed by atoms with Gasteiger partial charge in [0, 0.05) is 42.0 Å². The van der Waals surface area contributed by atoms with E-state index in [1.165, 1.54) is 0 Å². The Morgan fingerprint density at radius 2 is 2.00 bits per heavy atom. The van der Waals surface area contributed by atoms with Crippen LogP contribution in [0.3, 0.4) is 0 Å². The maximum Gasteiger partial charge on any atom is 0.313 e. The van der Waals surface area contributed by atoms with E-state index in [1.807, 2.05) is 27.1 Å². The van der Waals surface area contributed by atoms with Crippen molar-refractivity contribution in [2.24, 2.45) is 5.41 Å². The highest BCUT2D eigenvalue weighted by Crippen LogP contribution is 2.51. The molecule has 0 amide bonds. The number of nitrogens with zero attached hydrogens (tertiary/aromatic N) is 2. The van der Waals surface area contributed by atoms with Gasteiger partial charge in [0.2, 0.25) is 5.95 Å². The maximum absolute atomic E-state index is 12.5. The zero-order chi connectivity index (χ0) is 20.9. The lowest BCUT2D eigenvalue weighted by Crippen LogP contribution is -2.24. The summed E-state index contributed by atoms with van der Waals surface area (Å²) in [5, 5.41) is 6.38. The first-order chi connectivity index (χ1) is 13.9. The number of rotatable bonds is 9. The predicted octanol–water partition coefficient (Wildman–Crippen LogP) is 4.51. The number of hydrogen-bond donors (Lipinski definition) is 2. The van der Waals surface area contributed by atoms with Gasteiger partial charge >= 0.3 is 5.97 Å². The van der Waals surface area contributed by atoms with E-state index in [0.717, 1.165) is 34.6 Å². The molecular formula is C22H28N4O2S. The number of esters is 1. The van der Waals surface area contributed by atoms with Gasteiger partial charge in [-0.3, -0.25) is 4.79 Å². The molecular weight excluding hydrogens is 384 g/mol. The van der Waals surface area contributed by atoms with Crippen LogP contribution in [0.2, 0.25) is 0 Å². The first-order valence-corrected chi connectivity index (χ1v) is 10.8. The van der Waals surface area contributed by atoms with Crippen molar-refractivity contribution in [3.05, 3.63) is 54.0 Å². The minimum absolute atomic E-state index is 0.0726. The second-order valence-electron chi connectivity index (χ2n) is 7.61. The van der Waals surface area contributed by atoms with Gasteiger partial charge in [-0.15, -0.1) is 11.8 Å². The molecule has 1 aliphatic rings. The largest absolute Gasteiger partial charge is 0.463 e. The number of hydrogen-bond acceptors (Lipinski definition) is 7. The van der Waals surface area contributed by atoms with Crippen LogP contribution in [0.15, 0.2) is 42.9 Å². The molecule has 0 bridgehead atoms. The summed E-state index contributed by atoms with van der Waals surface area (Å²) in [5.41, 5.74) is 2.79. The fourth-order valence-corrected chi connectivity index (χ4v) is 4.27. The second kappa shape index (κ2) is 9.31. The number of benzene rings is 1. The molecule has 0 aliphatic heterocycles. The molecule has 1 fully saturated rings. The summed E-state index contributed by atoms with van der Waals surface area (Å²) in [6.07, 6.45) is 7.10. The van der Waals surface area contributed by atoms with E-state index >= 15 is 0 Å². The number of aryl methyl sites for hydroxylation is 1. The molecule has 3 rings (SSSR count). The number of carbonyl (C=O) groups excluding carboxylic acids is 1. The van der Waals surface area contributed by atoms with Crippen molar-refractivity contribution < 1.29 is 9.53 Å². The second-order valence-corrected chi connectivity index (χ2v) is 8.62. The summed E-state index contributed by atoms with van der Waals surface area (Å²) >= 11 is 1.69. The van der Waals surface area contributed by atoms with Crippen LogP contribution in [0.5, 0.6) is 0 Å². The molecule has 1 aromatic heterocycles. The number of ether oxygens (including phenoxy) is 1. The van der Waals surface area contributed by atoms with Crippen molar-refractivity contribution in [3.63, 3.8) is 0 Å². The van der Waals surface area contributed by atoms with E-state index in [4.69, 9.17) is 4.74 Å². The Labute approximate surface area is 176 Å². The number of anilines is 2. The summed E-state index contributed by atoms with van der Waals surface area (Å²) < 4.78 is 5.47. The van der Waals surface area contributed by atoms with Crippen molar-refractivity contribution in [3.8, 4) is 0 Å². The quantitative estimate of drug-likeness (QED) is 0.587. The molecule has 6 nitrogen and oxygen atoms in total.